The Morgan fingerprint density at radius 1 is 0.889 bits per heavy atom. The van der Waals surface area contributed by atoms with Crippen LogP contribution in [0, 0.1) is 11.8 Å². The van der Waals surface area contributed by atoms with Gasteiger partial charge in [0.05, 0.1) is 14.2 Å². The first kappa shape index (κ1) is 25.8. The molecule has 5 nitrogen and oxygen atoms in total. The van der Waals surface area contributed by atoms with Gasteiger partial charge < -0.3 is 14.4 Å². The minimum Gasteiger partial charge on any atom is -0.496 e. The maximum Gasteiger partial charge on any atom is 0.253 e. The van der Waals surface area contributed by atoms with Crippen molar-refractivity contribution in [2.45, 2.75) is 26.3 Å². The minimum absolute atomic E-state index is 0.103. The Kier molecular flexibility index (Phi) is 8.65. The molecule has 4 rings (SSSR count). The van der Waals surface area contributed by atoms with Gasteiger partial charge in [0.25, 0.3) is 5.91 Å². The molecule has 0 aliphatic carbocycles. The second-order valence-electron chi connectivity index (χ2n) is 10.1. The third kappa shape index (κ3) is 6.08. The zero-order chi connectivity index (χ0) is 25.5. The molecule has 0 saturated carbocycles. The molecule has 0 radical (unpaired) electrons. The molecular formula is C31H38N2O3. The zero-order valence-corrected chi connectivity index (χ0v) is 21.9. The average molecular weight is 487 g/mol. The van der Waals surface area contributed by atoms with Gasteiger partial charge in [-0.25, -0.2) is 0 Å². The molecule has 5 heteroatoms. The number of benzene rings is 3. The number of nitrogens with zero attached hydrogens (tertiary/aromatic N) is 2. The fourth-order valence-corrected chi connectivity index (χ4v) is 5.40. The van der Waals surface area contributed by atoms with Crippen molar-refractivity contribution >= 4 is 5.91 Å². The summed E-state index contributed by atoms with van der Waals surface area (Å²) in [5.41, 5.74) is 3.14. The second-order valence-corrected chi connectivity index (χ2v) is 10.1. The van der Waals surface area contributed by atoms with Crippen molar-refractivity contribution in [1.82, 2.24) is 9.80 Å². The van der Waals surface area contributed by atoms with E-state index in [4.69, 9.17) is 9.47 Å². The van der Waals surface area contributed by atoms with Crippen LogP contribution in [0.3, 0.4) is 0 Å². The van der Waals surface area contributed by atoms with Crippen molar-refractivity contribution in [3.8, 4) is 11.5 Å². The molecule has 1 fully saturated rings. The molecule has 1 aliphatic rings. The van der Waals surface area contributed by atoms with Crippen LogP contribution in [0.15, 0.2) is 78.9 Å². The first-order valence-corrected chi connectivity index (χ1v) is 12.8. The molecule has 36 heavy (non-hydrogen) atoms. The molecule has 3 aromatic rings. The van der Waals surface area contributed by atoms with E-state index in [1.165, 1.54) is 11.1 Å². The van der Waals surface area contributed by atoms with E-state index in [1.54, 1.807) is 14.2 Å². The maximum atomic E-state index is 13.6. The molecular weight excluding hydrogens is 448 g/mol. The number of hydrogen-bond donors (Lipinski definition) is 0. The number of methoxy groups -OCH3 is 2. The summed E-state index contributed by atoms with van der Waals surface area (Å²) in [6, 6.07) is 26.2. The number of amides is 1. The predicted molar refractivity (Wildman–Crippen MR) is 145 cm³/mol. The Hall–Kier alpha value is -3.31. The molecule has 0 spiro atoms. The molecule has 1 heterocycles. The lowest BCUT2D eigenvalue weighted by molar-refractivity contribution is 0.0703. The van der Waals surface area contributed by atoms with E-state index < -0.39 is 0 Å². The summed E-state index contributed by atoms with van der Waals surface area (Å²) >= 11 is 0. The summed E-state index contributed by atoms with van der Waals surface area (Å²) in [7, 11) is 3.46. The summed E-state index contributed by atoms with van der Waals surface area (Å²) in [6.45, 7) is 8.39. The molecule has 2 unspecified atom stereocenters. The van der Waals surface area contributed by atoms with Crippen LogP contribution in [0.1, 0.15) is 41.3 Å². The lowest BCUT2D eigenvalue weighted by Gasteiger charge is -2.30. The highest BCUT2D eigenvalue weighted by atomic mass is 16.5. The van der Waals surface area contributed by atoms with E-state index in [2.05, 4.69) is 47.9 Å². The van der Waals surface area contributed by atoms with Crippen LogP contribution >= 0.6 is 0 Å². The van der Waals surface area contributed by atoms with Gasteiger partial charge in [-0.05, 0) is 41.7 Å². The first-order valence-electron chi connectivity index (χ1n) is 12.8. The van der Waals surface area contributed by atoms with E-state index in [9.17, 15) is 4.79 Å². The van der Waals surface area contributed by atoms with Gasteiger partial charge >= 0.3 is 0 Å². The highest BCUT2D eigenvalue weighted by molar-refractivity contribution is 5.94. The summed E-state index contributed by atoms with van der Waals surface area (Å²) in [5.74, 6) is 2.85. The lowest BCUT2D eigenvalue weighted by atomic mass is 9.87. The Morgan fingerprint density at radius 2 is 1.53 bits per heavy atom. The number of rotatable bonds is 10. The van der Waals surface area contributed by atoms with Crippen LogP contribution in [0.4, 0.5) is 0 Å². The van der Waals surface area contributed by atoms with Gasteiger partial charge in [0.2, 0.25) is 0 Å². The van der Waals surface area contributed by atoms with Gasteiger partial charge in [-0.15, -0.1) is 0 Å². The number of likely N-dealkylation sites (tertiary alicyclic amines) is 1. The largest absolute Gasteiger partial charge is 0.496 e. The lowest BCUT2D eigenvalue weighted by Crippen LogP contribution is -2.39. The first-order chi connectivity index (χ1) is 17.5. The van der Waals surface area contributed by atoms with Crippen molar-refractivity contribution in [3.63, 3.8) is 0 Å². The van der Waals surface area contributed by atoms with Crippen molar-refractivity contribution in [1.29, 1.82) is 0 Å². The smallest absolute Gasteiger partial charge is 0.253 e. The fraction of sp³-hybridized carbons (Fsp3) is 0.387. The standard InChI is InChI=1S/C31H38N2O3/c1-23(2)18-33(31(34)24-12-6-5-7-13-24)21-26-20-32(19-25-14-8-10-16-29(25)35-3)22-28(26)27-15-9-11-17-30(27)36-4/h5-17,23,26,28H,18-22H2,1-4H3. The number of ether oxygens (including phenoxy) is 2. The fourth-order valence-electron chi connectivity index (χ4n) is 5.40. The number of hydrogen-bond acceptors (Lipinski definition) is 4. The number of carbonyl (C=O) groups excluding carboxylic acids is 1. The number of para-hydroxylation sites is 2. The van der Waals surface area contributed by atoms with Crippen LogP contribution < -0.4 is 9.47 Å². The van der Waals surface area contributed by atoms with Gasteiger partial charge in [-0.1, -0.05) is 68.4 Å². The van der Waals surface area contributed by atoms with Crippen molar-refractivity contribution in [2.24, 2.45) is 11.8 Å². The maximum absolute atomic E-state index is 13.6. The molecule has 1 saturated heterocycles. The summed E-state index contributed by atoms with van der Waals surface area (Å²) in [4.78, 5) is 18.1. The third-order valence-corrected chi connectivity index (χ3v) is 6.99. The Bertz CT molecular complexity index is 1130. The Balaban J connectivity index is 1.63. The summed E-state index contributed by atoms with van der Waals surface area (Å²) < 4.78 is 11.4. The average Bonchev–Trinajstić information content (AvgIpc) is 3.30. The molecule has 0 bridgehead atoms. The second kappa shape index (κ2) is 12.1. The zero-order valence-electron chi connectivity index (χ0n) is 21.9. The van der Waals surface area contributed by atoms with E-state index in [0.717, 1.165) is 43.2 Å². The quantitative estimate of drug-likeness (QED) is 0.368. The van der Waals surface area contributed by atoms with Gasteiger partial charge in [0, 0.05) is 49.8 Å². The molecule has 0 N–H and O–H groups in total. The van der Waals surface area contributed by atoms with Gasteiger partial charge in [-0.2, -0.15) is 0 Å². The van der Waals surface area contributed by atoms with Crippen molar-refractivity contribution < 1.29 is 14.3 Å². The van der Waals surface area contributed by atoms with Crippen LogP contribution in [-0.4, -0.2) is 56.1 Å². The van der Waals surface area contributed by atoms with Crippen LogP contribution in [-0.2, 0) is 6.54 Å². The molecule has 190 valence electrons. The molecule has 3 aromatic carbocycles. The van der Waals surface area contributed by atoms with E-state index in [-0.39, 0.29) is 17.7 Å². The van der Waals surface area contributed by atoms with E-state index >= 15 is 0 Å². The van der Waals surface area contributed by atoms with E-state index in [1.807, 2.05) is 54.6 Å². The van der Waals surface area contributed by atoms with Crippen LogP contribution in [0.2, 0.25) is 0 Å². The SMILES string of the molecule is COc1ccccc1CN1CC(CN(CC(C)C)C(=O)c2ccccc2)C(c2ccccc2OC)C1. The third-order valence-electron chi connectivity index (χ3n) is 6.99. The van der Waals surface area contributed by atoms with Crippen molar-refractivity contribution in [3.05, 3.63) is 95.6 Å². The Labute approximate surface area is 215 Å². The Morgan fingerprint density at radius 3 is 2.22 bits per heavy atom. The monoisotopic (exact) mass is 486 g/mol. The van der Waals surface area contributed by atoms with Gasteiger partial charge in [-0.3, -0.25) is 9.69 Å². The molecule has 2 atom stereocenters. The minimum atomic E-state index is 0.103. The summed E-state index contributed by atoms with van der Waals surface area (Å²) in [5, 5.41) is 0. The molecule has 1 amide bonds. The van der Waals surface area contributed by atoms with Gasteiger partial charge in [0.15, 0.2) is 0 Å². The normalized spacial score (nSPS) is 17.8. The molecule has 0 aromatic heterocycles. The predicted octanol–water partition coefficient (Wildman–Crippen LogP) is 5.72. The molecule has 1 aliphatic heterocycles. The van der Waals surface area contributed by atoms with E-state index in [0.29, 0.717) is 12.5 Å². The van der Waals surface area contributed by atoms with Gasteiger partial charge in [0.1, 0.15) is 11.5 Å². The van der Waals surface area contributed by atoms with Crippen LogP contribution in [0.25, 0.3) is 0 Å². The highest BCUT2D eigenvalue weighted by Gasteiger charge is 2.37. The highest BCUT2D eigenvalue weighted by Crippen LogP contribution is 2.39. The van der Waals surface area contributed by atoms with Crippen LogP contribution in [0.5, 0.6) is 11.5 Å². The number of carbonyl (C=O) groups is 1. The summed E-state index contributed by atoms with van der Waals surface area (Å²) in [6.07, 6.45) is 0. The topological polar surface area (TPSA) is 42.0 Å². The van der Waals surface area contributed by atoms with Crippen molar-refractivity contribution in [2.75, 3.05) is 40.4 Å².